The summed E-state index contributed by atoms with van der Waals surface area (Å²) in [4.78, 5) is 14.0. The summed E-state index contributed by atoms with van der Waals surface area (Å²) in [5.41, 5.74) is 0. The Morgan fingerprint density at radius 1 is 1.62 bits per heavy atom. The average molecular weight is 222 g/mol. The van der Waals surface area contributed by atoms with Crippen molar-refractivity contribution in [2.45, 2.75) is 39.2 Å². The zero-order valence-corrected chi connectivity index (χ0v) is 10.3. The van der Waals surface area contributed by atoms with Crippen molar-refractivity contribution in [3.8, 4) is 12.3 Å². The SMILES string of the molecule is C#CCN(CCC)C(=O)C1CCNC(C)C1. The highest BCUT2D eigenvalue weighted by atomic mass is 16.2. The summed E-state index contributed by atoms with van der Waals surface area (Å²) in [5.74, 6) is 2.98. The van der Waals surface area contributed by atoms with Crippen molar-refractivity contribution in [2.75, 3.05) is 19.6 Å². The van der Waals surface area contributed by atoms with E-state index in [0.29, 0.717) is 12.6 Å². The molecule has 1 aliphatic rings. The Bertz CT molecular complexity index is 270. The predicted molar refractivity (Wildman–Crippen MR) is 65.9 cm³/mol. The van der Waals surface area contributed by atoms with Gasteiger partial charge in [-0.2, -0.15) is 0 Å². The molecular formula is C13H22N2O. The van der Waals surface area contributed by atoms with Crippen LogP contribution in [0, 0.1) is 18.3 Å². The molecule has 0 saturated carbocycles. The van der Waals surface area contributed by atoms with Gasteiger partial charge in [0, 0.05) is 18.5 Å². The number of nitrogens with zero attached hydrogens (tertiary/aromatic N) is 1. The maximum Gasteiger partial charge on any atom is 0.226 e. The lowest BCUT2D eigenvalue weighted by atomic mass is 9.92. The number of rotatable bonds is 4. The highest BCUT2D eigenvalue weighted by molar-refractivity contribution is 5.79. The zero-order chi connectivity index (χ0) is 12.0. The lowest BCUT2D eigenvalue weighted by Crippen LogP contribution is -2.44. The second-order valence-electron chi connectivity index (χ2n) is 4.54. The molecule has 0 aromatic carbocycles. The summed E-state index contributed by atoms with van der Waals surface area (Å²) in [7, 11) is 0. The first kappa shape index (κ1) is 13.1. The molecule has 1 amide bonds. The first-order valence-corrected chi connectivity index (χ1v) is 6.14. The molecule has 1 saturated heterocycles. The van der Waals surface area contributed by atoms with Crippen molar-refractivity contribution in [3.05, 3.63) is 0 Å². The summed E-state index contributed by atoms with van der Waals surface area (Å²) >= 11 is 0. The molecule has 1 rings (SSSR count). The second kappa shape index (κ2) is 6.55. The fraction of sp³-hybridized carbons (Fsp3) is 0.769. The van der Waals surface area contributed by atoms with Crippen LogP contribution in [0.2, 0.25) is 0 Å². The van der Waals surface area contributed by atoms with Gasteiger partial charge < -0.3 is 10.2 Å². The van der Waals surface area contributed by atoms with Crippen LogP contribution in [0.5, 0.6) is 0 Å². The number of hydrogen-bond acceptors (Lipinski definition) is 2. The van der Waals surface area contributed by atoms with E-state index in [9.17, 15) is 4.79 Å². The summed E-state index contributed by atoms with van der Waals surface area (Å²) in [5, 5.41) is 3.36. The van der Waals surface area contributed by atoms with Gasteiger partial charge in [0.1, 0.15) is 0 Å². The summed E-state index contributed by atoms with van der Waals surface area (Å²) in [6, 6.07) is 0.442. The Balaban J connectivity index is 2.55. The van der Waals surface area contributed by atoms with E-state index in [4.69, 9.17) is 6.42 Å². The molecule has 1 N–H and O–H groups in total. The third kappa shape index (κ3) is 3.53. The van der Waals surface area contributed by atoms with Gasteiger partial charge in [-0.05, 0) is 32.7 Å². The van der Waals surface area contributed by atoms with Crippen LogP contribution < -0.4 is 5.32 Å². The maximum absolute atomic E-state index is 12.2. The predicted octanol–water partition coefficient (Wildman–Crippen LogP) is 1.25. The smallest absolute Gasteiger partial charge is 0.226 e. The van der Waals surface area contributed by atoms with E-state index < -0.39 is 0 Å². The van der Waals surface area contributed by atoms with Gasteiger partial charge in [0.05, 0.1) is 6.54 Å². The summed E-state index contributed by atoms with van der Waals surface area (Å²) in [6.07, 6.45) is 8.14. The van der Waals surface area contributed by atoms with Crippen LogP contribution in [0.1, 0.15) is 33.1 Å². The molecule has 2 unspecified atom stereocenters. The Morgan fingerprint density at radius 2 is 2.38 bits per heavy atom. The lowest BCUT2D eigenvalue weighted by molar-refractivity contribution is -0.136. The van der Waals surface area contributed by atoms with Crippen molar-refractivity contribution in [3.63, 3.8) is 0 Å². The molecule has 0 aromatic rings. The van der Waals surface area contributed by atoms with Gasteiger partial charge >= 0.3 is 0 Å². The minimum atomic E-state index is 0.163. The van der Waals surface area contributed by atoms with E-state index in [2.05, 4.69) is 25.1 Å². The monoisotopic (exact) mass is 222 g/mol. The Morgan fingerprint density at radius 3 is 2.94 bits per heavy atom. The molecule has 90 valence electrons. The molecule has 0 radical (unpaired) electrons. The first-order valence-electron chi connectivity index (χ1n) is 6.14. The standard InChI is InChI=1S/C13H22N2O/c1-4-8-15(9-5-2)13(16)12-6-7-14-11(3)10-12/h1,11-12,14H,5-10H2,2-3H3. The van der Waals surface area contributed by atoms with Crippen molar-refractivity contribution < 1.29 is 4.79 Å². The van der Waals surface area contributed by atoms with Gasteiger partial charge in [-0.15, -0.1) is 6.42 Å². The topological polar surface area (TPSA) is 32.3 Å². The fourth-order valence-electron chi connectivity index (χ4n) is 2.26. The molecule has 2 atom stereocenters. The van der Waals surface area contributed by atoms with Gasteiger partial charge in [-0.25, -0.2) is 0 Å². The van der Waals surface area contributed by atoms with Crippen molar-refractivity contribution in [1.82, 2.24) is 10.2 Å². The van der Waals surface area contributed by atoms with E-state index in [1.807, 2.05) is 4.90 Å². The molecule has 3 heteroatoms. The van der Waals surface area contributed by atoms with E-state index in [0.717, 1.165) is 32.4 Å². The number of carbonyl (C=O) groups excluding carboxylic acids is 1. The third-order valence-corrected chi connectivity index (χ3v) is 3.06. The number of carbonyl (C=O) groups is 1. The Hall–Kier alpha value is -1.01. The average Bonchev–Trinajstić information content (AvgIpc) is 2.28. The largest absolute Gasteiger partial charge is 0.331 e. The Labute approximate surface area is 98.6 Å². The highest BCUT2D eigenvalue weighted by Gasteiger charge is 2.27. The van der Waals surface area contributed by atoms with Gasteiger partial charge in [-0.3, -0.25) is 4.79 Å². The number of hydrogen-bond donors (Lipinski definition) is 1. The fourth-order valence-corrected chi connectivity index (χ4v) is 2.26. The van der Waals surface area contributed by atoms with Crippen molar-refractivity contribution in [2.24, 2.45) is 5.92 Å². The van der Waals surface area contributed by atoms with E-state index in [-0.39, 0.29) is 11.8 Å². The first-order chi connectivity index (χ1) is 7.69. The van der Waals surface area contributed by atoms with E-state index in [1.54, 1.807) is 0 Å². The van der Waals surface area contributed by atoms with Crippen LogP contribution in [0.25, 0.3) is 0 Å². The van der Waals surface area contributed by atoms with Crippen LogP contribution >= 0.6 is 0 Å². The minimum absolute atomic E-state index is 0.163. The van der Waals surface area contributed by atoms with Gasteiger partial charge in [0.15, 0.2) is 0 Å². The molecule has 16 heavy (non-hydrogen) atoms. The number of amides is 1. The normalized spacial score (nSPS) is 24.8. The Kier molecular flexibility index (Phi) is 5.34. The molecule has 3 nitrogen and oxygen atoms in total. The minimum Gasteiger partial charge on any atom is -0.331 e. The molecule has 0 aliphatic carbocycles. The second-order valence-corrected chi connectivity index (χ2v) is 4.54. The van der Waals surface area contributed by atoms with Gasteiger partial charge in [0.25, 0.3) is 0 Å². The summed E-state index contributed by atoms with van der Waals surface area (Å²) in [6.45, 7) is 6.37. The van der Waals surface area contributed by atoms with Crippen LogP contribution in [0.15, 0.2) is 0 Å². The summed E-state index contributed by atoms with van der Waals surface area (Å²) < 4.78 is 0. The van der Waals surface area contributed by atoms with Gasteiger partial charge in [0.2, 0.25) is 5.91 Å². The quantitative estimate of drug-likeness (QED) is 0.726. The maximum atomic E-state index is 12.2. The van der Waals surface area contributed by atoms with Crippen LogP contribution in [0.3, 0.4) is 0 Å². The highest BCUT2D eigenvalue weighted by Crippen LogP contribution is 2.18. The molecule has 1 fully saturated rings. The molecule has 0 spiro atoms. The van der Waals surface area contributed by atoms with Crippen molar-refractivity contribution in [1.29, 1.82) is 0 Å². The van der Waals surface area contributed by atoms with Crippen LogP contribution in [0.4, 0.5) is 0 Å². The third-order valence-electron chi connectivity index (χ3n) is 3.06. The zero-order valence-electron chi connectivity index (χ0n) is 10.3. The van der Waals surface area contributed by atoms with Crippen LogP contribution in [-0.2, 0) is 4.79 Å². The number of nitrogens with one attached hydrogen (secondary N) is 1. The van der Waals surface area contributed by atoms with Crippen LogP contribution in [-0.4, -0.2) is 36.5 Å². The van der Waals surface area contributed by atoms with E-state index >= 15 is 0 Å². The molecule has 0 aromatic heterocycles. The number of terminal acetylenes is 1. The molecule has 0 bridgehead atoms. The molecule has 1 aliphatic heterocycles. The van der Waals surface area contributed by atoms with Gasteiger partial charge in [-0.1, -0.05) is 12.8 Å². The molecule has 1 heterocycles. The van der Waals surface area contributed by atoms with Crippen molar-refractivity contribution >= 4 is 5.91 Å². The molecular weight excluding hydrogens is 200 g/mol. The van der Waals surface area contributed by atoms with E-state index in [1.165, 1.54) is 0 Å². The number of piperidine rings is 1. The lowest BCUT2D eigenvalue weighted by Gasteiger charge is -2.31.